The molecule has 20 heavy (non-hydrogen) atoms. The fourth-order valence-electron chi connectivity index (χ4n) is 3.01. The predicted molar refractivity (Wildman–Crippen MR) is 84.1 cm³/mol. The number of rotatable bonds is 3. The molecule has 2 aromatic rings. The Hall–Kier alpha value is -2.12. The molecule has 0 fully saturated rings. The van der Waals surface area contributed by atoms with Gasteiger partial charge >= 0.3 is 0 Å². The van der Waals surface area contributed by atoms with Gasteiger partial charge in [0.25, 0.3) is 0 Å². The van der Waals surface area contributed by atoms with Gasteiger partial charge in [0.2, 0.25) is 0 Å². The zero-order valence-corrected chi connectivity index (χ0v) is 11.8. The molecule has 1 aliphatic rings. The molecule has 0 amide bonds. The minimum atomic E-state index is 0.332. The summed E-state index contributed by atoms with van der Waals surface area (Å²) in [6.45, 7) is 1.02. The summed E-state index contributed by atoms with van der Waals surface area (Å²) in [5, 5.41) is 0. The van der Waals surface area contributed by atoms with Gasteiger partial charge in [-0.25, -0.2) is 0 Å². The molecule has 3 rings (SSSR count). The summed E-state index contributed by atoms with van der Waals surface area (Å²) in [6, 6.07) is 21.9. The molecule has 0 bridgehead atoms. The van der Waals surface area contributed by atoms with Crippen LogP contribution in [0.4, 0.5) is 0 Å². The topological polar surface area (TPSA) is 0 Å². The minimum absolute atomic E-state index is 0.332. The molecule has 1 aliphatic heterocycles. The van der Waals surface area contributed by atoms with Crippen LogP contribution in [-0.2, 0) is 0 Å². The van der Waals surface area contributed by atoms with Crippen LogP contribution in [0.15, 0.2) is 85.1 Å². The maximum absolute atomic E-state index is 2.30. The first kappa shape index (κ1) is 12.9. The quantitative estimate of drug-likeness (QED) is 0.723. The number of nitrogens with zero attached hydrogens (tertiary/aromatic N) is 1. The summed E-state index contributed by atoms with van der Waals surface area (Å²) in [5.41, 5.74) is 2.72. The Morgan fingerprint density at radius 1 is 0.800 bits per heavy atom. The Labute approximate surface area is 121 Å². The second kappa shape index (κ2) is 5.48. The van der Waals surface area contributed by atoms with Crippen molar-refractivity contribution in [3.05, 3.63) is 96.2 Å². The second-order valence-corrected chi connectivity index (χ2v) is 5.52. The highest BCUT2D eigenvalue weighted by molar-refractivity contribution is 5.30. The molecular formula is C19H20N+. The lowest BCUT2D eigenvalue weighted by Crippen LogP contribution is -2.43. The van der Waals surface area contributed by atoms with Crippen molar-refractivity contribution in [3.8, 4) is 0 Å². The number of benzene rings is 2. The molecular weight excluding hydrogens is 242 g/mol. The Morgan fingerprint density at radius 2 is 1.35 bits per heavy atom. The molecule has 0 N–H and O–H groups in total. The molecule has 0 aliphatic carbocycles. The van der Waals surface area contributed by atoms with Gasteiger partial charge in [-0.3, -0.25) is 4.48 Å². The monoisotopic (exact) mass is 262 g/mol. The Bertz CT molecular complexity index is 573. The van der Waals surface area contributed by atoms with E-state index in [1.165, 1.54) is 11.1 Å². The van der Waals surface area contributed by atoms with E-state index in [9.17, 15) is 0 Å². The van der Waals surface area contributed by atoms with Gasteiger partial charge in [-0.05, 0) is 12.2 Å². The highest BCUT2D eigenvalue weighted by atomic mass is 15.3. The normalized spacial score (nSPS) is 21.3. The van der Waals surface area contributed by atoms with Crippen molar-refractivity contribution in [2.75, 3.05) is 13.6 Å². The first-order valence-electron chi connectivity index (χ1n) is 7.09. The fourth-order valence-corrected chi connectivity index (χ4v) is 3.01. The Balaban J connectivity index is 2.09. The van der Waals surface area contributed by atoms with Crippen molar-refractivity contribution in [3.63, 3.8) is 0 Å². The van der Waals surface area contributed by atoms with E-state index in [0.29, 0.717) is 6.04 Å². The molecule has 1 atom stereocenters. The van der Waals surface area contributed by atoms with Gasteiger partial charge in [0, 0.05) is 11.1 Å². The molecule has 1 heteroatoms. The molecule has 100 valence electrons. The zero-order valence-electron chi connectivity index (χ0n) is 11.8. The van der Waals surface area contributed by atoms with Gasteiger partial charge in [0.05, 0.1) is 13.2 Å². The highest BCUT2D eigenvalue weighted by Crippen LogP contribution is 2.35. The van der Waals surface area contributed by atoms with Crippen molar-refractivity contribution < 1.29 is 4.48 Å². The largest absolute Gasteiger partial charge is 0.286 e. The first-order chi connectivity index (χ1) is 9.80. The van der Waals surface area contributed by atoms with Crippen LogP contribution >= 0.6 is 0 Å². The third-order valence-electron chi connectivity index (χ3n) is 3.99. The standard InChI is InChI=1S/C19H20N/c1-20(15-9-4-10-16-20)19(17-11-5-2-6-12-17)18-13-7-3-8-14-18/h2-15,19H,16H2,1H3/q+1. The summed E-state index contributed by atoms with van der Waals surface area (Å²) >= 11 is 0. The smallest absolute Gasteiger partial charge is 0.145 e. The number of quaternary nitrogens is 1. The Morgan fingerprint density at radius 3 is 1.80 bits per heavy atom. The molecule has 2 aromatic carbocycles. The lowest BCUT2D eigenvalue weighted by atomic mass is 9.95. The maximum Gasteiger partial charge on any atom is 0.145 e. The van der Waals surface area contributed by atoms with Crippen LogP contribution in [0.25, 0.3) is 0 Å². The van der Waals surface area contributed by atoms with Gasteiger partial charge in [0.1, 0.15) is 12.6 Å². The van der Waals surface area contributed by atoms with Crippen molar-refractivity contribution in [1.82, 2.24) is 0 Å². The summed E-state index contributed by atoms with van der Waals surface area (Å²) in [7, 11) is 2.30. The average Bonchev–Trinajstić information content (AvgIpc) is 2.50. The molecule has 0 radical (unpaired) electrons. The minimum Gasteiger partial charge on any atom is -0.286 e. The predicted octanol–water partition coefficient (Wildman–Crippen LogP) is 4.31. The van der Waals surface area contributed by atoms with Crippen molar-refractivity contribution >= 4 is 0 Å². The van der Waals surface area contributed by atoms with E-state index in [1.807, 2.05) is 0 Å². The lowest BCUT2D eigenvalue weighted by Gasteiger charge is -2.39. The van der Waals surface area contributed by atoms with Crippen LogP contribution in [0.1, 0.15) is 17.2 Å². The molecule has 0 saturated carbocycles. The van der Waals surface area contributed by atoms with E-state index in [-0.39, 0.29) is 0 Å². The van der Waals surface area contributed by atoms with Gasteiger partial charge in [-0.1, -0.05) is 66.7 Å². The molecule has 0 aromatic heterocycles. The van der Waals surface area contributed by atoms with Crippen LogP contribution in [-0.4, -0.2) is 18.1 Å². The second-order valence-electron chi connectivity index (χ2n) is 5.52. The molecule has 1 nitrogen and oxygen atoms in total. The number of hydrogen-bond acceptors (Lipinski definition) is 0. The highest BCUT2D eigenvalue weighted by Gasteiger charge is 2.33. The third kappa shape index (κ3) is 2.45. The maximum atomic E-state index is 2.30. The number of likely N-dealkylation sites (N-methyl/N-ethyl adjacent to an activating group) is 1. The zero-order chi connectivity index (χ0) is 13.8. The van der Waals surface area contributed by atoms with Gasteiger partial charge in [-0.15, -0.1) is 0 Å². The SMILES string of the molecule is C[N+]1(C(c2ccccc2)c2ccccc2)C=CC=CC1. The fraction of sp³-hybridized carbons (Fsp3) is 0.158. The van der Waals surface area contributed by atoms with Crippen LogP contribution in [0, 0.1) is 0 Å². The lowest BCUT2D eigenvalue weighted by molar-refractivity contribution is -0.880. The molecule has 1 unspecified atom stereocenters. The van der Waals surface area contributed by atoms with E-state index in [2.05, 4.69) is 92.1 Å². The molecule has 0 spiro atoms. The van der Waals surface area contributed by atoms with E-state index in [1.54, 1.807) is 0 Å². The van der Waals surface area contributed by atoms with E-state index in [0.717, 1.165) is 11.0 Å². The average molecular weight is 262 g/mol. The van der Waals surface area contributed by atoms with Crippen LogP contribution in [0.5, 0.6) is 0 Å². The summed E-state index contributed by atoms with van der Waals surface area (Å²) in [4.78, 5) is 0. The third-order valence-corrected chi connectivity index (χ3v) is 3.99. The van der Waals surface area contributed by atoms with Crippen molar-refractivity contribution in [2.24, 2.45) is 0 Å². The summed E-state index contributed by atoms with van der Waals surface area (Å²) in [6.07, 6.45) is 8.83. The van der Waals surface area contributed by atoms with Crippen LogP contribution < -0.4 is 0 Å². The number of allylic oxidation sites excluding steroid dienone is 2. The molecule has 0 saturated heterocycles. The van der Waals surface area contributed by atoms with Gasteiger partial charge in [0.15, 0.2) is 0 Å². The van der Waals surface area contributed by atoms with E-state index in [4.69, 9.17) is 0 Å². The van der Waals surface area contributed by atoms with E-state index < -0.39 is 0 Å². The van der Waals surface area contributed by atoms with E-state index >= 15 is 0 Å². The van der Waals surface area contributed by atoms with Gasteiger partial charge < -0.3 is 0 Å². The van der Waals surface area contributed by atoms with Gasteiger partial charge in [-0.2, -0.15) is 0 Å². The molecule has 1 heterocycles. The van der Waals surface area contributed by atoms with Crippen molar-refractivity contribution in [2.45, 2.75) is 6.04 Å². The summed E-state index contributed by atoms with van der Waals surface area (Å²) in [5.74, 6) is 0. The van der Waals surface area contributed by atoms with Crippen LogP contribution in [0.3, 0.4) is 0 Å². The van der Waals surface area contributed by atoms with Crippen LogP contribution in [0.2, 0.25) is 0 Å². The Kier molecular flexibility index (Phi) is 3.53. The number of hydrogen-bond donors (Lipinski definition) is 0. The van der Waals surface area contributed by atoms with Crippen molar-refractivity contribution in [1.29, 1.82) is 0 Å². The first-order valence-corrected chi connectivity index (χ1v) is 7.09. The summed E-state index contributed by atoms with van der Waals surface area (Å²) < 4.78 is 0.879.